The Morgan fingerprint density at radius 2 is 1.67 bits per heavy atom. The highest BCUT2D eigenvalue weighted by Gasteiger charge is 2.13. The maximum Gasteiger partial charge on any atom is 0.184 e. The van der Waals surface area contributed by atoms with Gasteiger partial charge < -0.3 is 15.5 Å². The molecule has 2 aromatic heterocycles. The fourth-order valence-electron chi connectivity index (χ4n) is 3.29. The minimum absolute atomic E-state index is 0.610. The monoisotopic (exact) mass is 407 g/mol. The highest BCUT2D eigenvalue weighted by atomic mass is 15.1. The van der Waals surface area contributed by atoms with Crippen LogP contribution < -0.4 is 10.6 Å². The average molecular weight is 408 g/mol. The average Bonchev–Trinajstić information content (AvgIpc) is 2.76. The molecule has 0 radical (unpaired) electrons. The Balaban J connectivity index is 1.83. The minimum atomic E-state index is 0.610. The van der Waals surface area contributed by atoms with Crippen LogP contribution in [0.1, 0.15) is 39.0 Å². The first-order valence-corrected chi connectivity index (χ1v) is 10.9. The lowest BCUT2D eigenvalue weighted by Crippen LogP contribution is -2.21. The van der Waals surface area contributed by atoms with E-state index in [0.717, 1.165) is 43.1 Å². The lowest BCUT2D eigenvalue weighted by molar-refractivity contribution is 0.425. The first kappa shape index (κ1) is 21.9. The van der Waals surface area contributed by atoms with Gasteiger partial charge in [-0.2, -0.15) is 0 Å². The molecule has 2 heterocycles. The molecule has 160 valence electrons. The van der Waals surface area contributed by atoms with Crippen molar-refractivity contribution in [3.8, 4) is 11.4 Å². The highest BCUT2D eigenvalue weighted by molar-refractivity contribution is 5.85. The van der Waals surface area contributed by atoms with Crippen LogP contribution in [0.3, 0.4) is 0 Å². The first-order chi connectivity index (χ1) is 14.7. The molecule has 7 heteroatoms. The van der Waals surface area contributed by atoms with E-state index in [9.17, 15) is 0 Å². The zero-order valence-electron chi connectivity index (χ0n) is 18.4. The molecule has 0 aliphatic rings. The fourth-order valence-corrected chi connectivity index (χ4v) is 3.29. The van der Waals surface area contributed by atoms with Crippen molar-refractivity contribution < 1.29 is 0 Å². The van der Waals surface area contributed by atoms with E-state index in [0.29, 0.717) is 17.0 Å². The number of aromatic nitrogens is 4. The number of rotatable bonds is 12. The lowest BCUT2D eigenvalue weighted by atomic mass is 10.1. The molecular weight excluding hydrogens is 374 g/mol. The molecule has 0 saturated carbocycles. The summed E-state index contributed by atoms with van der Waals surface area (Å²) in [5, 5.41) is 6.98. The molecule has 0 unspecified atom stereocenters. The van der Waals surface area contributed by atoms with Gasteiger partial charge in [-0.1, -0.05) is 44.7 Å². The maximum absolute atomic E-state index is 4.83. The Morgan fingerprint density at radius 3 is 2.50 bits per heavy atom. The highest BCUT2D eigenvalue weighted by Crippen LogP contribution is 2.28. The molecule has 1 aromatic carbocycles. The molecule has 0 saturated heterocycles. The standard InChI is InChI=1S/C23H33N7/c1-4-5-6-7-10-13-26-22-20-23(27-15-14-25-20)29-21(28-22)18-11-8-9-12-19(18)24-16-17-30(2)3/h8-9,11-12,14-15,24H,4-7,10,13,16-17H2,1-3H3,(H,26,27,28,29). The number of unbranched alkanes of at least 4 members (excludes halogenated alkanes) is 4. The van der Waals surface area contributed by atoms with Gasteiger partial charge in [0, 0.05) is 43.3 Å². The molecule has 0 spiro atoms. The maximum atomic E-state index is 4.83. The summed E-state index contributed by atoms with van der Waals surface area (Å²) >= 11 is 0. The van der Waals surface area contributed by atoms with E-state index in [1.165, 1.54) is 25.7 Å². The molecule has 2 N–H and O–H groups in total. The van der Waals surface area contributed by atoms with Crippen molar-refractivity contribution in [2.75, 3.05) is 44.4 Å². The molecule has 0 bridgehead atoms. The van der Waals surface area contributed by atoms with Crippen molar-refractivity contribution in [1.29, 1.82) is 0 Å². The van der Waals surface area contributed by atoms with Crippen LogP contribution in [-0.4, -0.2) is 58.6 Å². The van der Waals surface area contributed by atoms with Gasteiger partial charge in [-0.3, -0.25) is 0 Å². The van der Waals surface area contributed by atoms with Crippen LogP contribution in [-0.2, 0) is 0 Å². The number of nitrogens with one attached hydrogen (secondary N) is 2. The van der Waals surface area contributed by atoms with Crippen LogP contribution >= 0.6 is 0 Å². The summed E-state index contributed by atoms with van der Waals surface area (Å²) in [4.78, 5) is 20.6. The number of para-hydroxylation sites is 1. The van der Waals surface area contributed by atoms with Gasteiger partial charge in [0.05, 0.1) is 0 Å². The van der Waals surface area contributed by atoms with Crippen LogP contribution in [0.4, 0.5) is 11.5 Å². The van der Waals surface area contributed by atoms with Gasteiger partial charge in [0.1, 0.15) is 5.52 Å². The van der Waals surface area contributed by atoms with Crippen molar-refractivity contribution >= 4 is 22.7 Å². The van der Waals surface area contributed by atoms with Crippen LogP contribution in [0, 0.1) is 0 Å². The molecule has 0 amide bonds. The Morgan fingerprint density at radius 1 is 0.867 bits per heavy atom. The van der Waals surface area contributed by atoms with Gasteiger partial charge in [-0.15, -0.1) is 0 Å². The third-order valence-corrected chi connectivity index (χ3v) is 4.95. The summed E-state index contributed by atoms with van der Waals surface area (Å²) in [6.07, 6.45) is 9.53. The number of likely N-dealkylation sites (N-methyl/N-ethyl adjacent to an activating group) is 1. The predicted molar refractivity (Wildman–Crippen MR) is 125 cm³/mol. The number of hydrogen-bond donors (Lipinski definition) is 2. The Bertz CT molecular complexity index is 926. The lowest BCUT2D eigenvalue weighted by Gasteiger charge is -2.15. The van der Waals surface area contributed by atoms with Gasteiger partial charge in [-0.25, -0.2) is 19.9 Å². The quantitative estimate of drug-likeness (QED) is 0.430. The van der Waals surface area contributed by atoms with Gasteiger partial charge in [0.15, 0.2) is 17.3 Å². The van der Waals surface area contributed by atoms with E-state index >= 15 is 0 Å². The van der Waals surface area contributed by atoms with Gasteiger partial charge in [0.25, 0.3) is 0 Å². The van der Waals surface area contributed by atoms with Crippen molar-refractivity contribution in [3.05, 3.63) is 36.7 Å². The summed E-state index contributed by atoms with van der Waals surface area (Å²) in [6, 6.07) is 8.15. The zero-order chi connectivity index (χ0) is 21.2. The molecule has 0 atom stereocenters. The summed E-state index contributed by atoms with van der Waals surface area (Å²) in [6.45, 7) is 4.90. The van der Waals surface area contributed by atoms with E-state index in [2.05, 4.69) is 52.6 Å². The topological polar surface area (TPSA) is 78.9 Å². The van der Waals surface area contributed by atoms with Crippen LogP contribution in [0.2, 0.25) is 0 Å². The number of fused-ring (bicyclic) bond motifs is 1. The zero-order valence-corrected chi connectivity index (χ0v) is 18.4. The summed E-state index contributed by atoms with van der Waals surface area (Å²) < 4.78 is 0. The second kappa shape index (κ2) is 11.4. The van der Waals surface area contributed by atoms with Crippen molar-refractivity contribution in [1.82, 2.24) is 24.8 Å². The van der Waals surface area contributed by atoms with Crippen molar-refractivity contribution in [2.24, 2.45) is 0 Å². The molecular formula is C23H33N7. The first-order valence-electron chi connectivity index (χ1n) is 10.9. The number of benzene rings is 1. The smallest absolute Gasteiger partial charge is 0.184 e. The van der Waals surface area contributed by atoms with Crippen LogP contribution in [0.5, 0.6) is 0 Å². The van der Waals surface area contributed by atoms with E-state index in [4.69, 9.17) is 9.97 Å². The van der Waals surface area contributed by atoms with E-state index < -0.39 is 0 Å². The number of nitrogens with zero attached hydrogens (tertiary/aromatic N) is 5. The second-order valence-corrected chi connectivity index (χ2v) is 7.74. The molecule has 3 rings (SSSR count). The predicted octanol–water partition coefficient (Wildman–Crippen LogP) is 4.44. The van der Waals surface area contributed by atoms with E-state index in [1.54, 1.807) is 12.4 Å². The van der Waals surface area contributed by atoms with Gasteiger partial charge in [-0.05, 0) is 32.6 Å². The normalized spacial score (nSPS) is 11.2. The Kier molecular flexibility index (Phi) is 8.32. The third kappa shape index (κ3) is 6.10. The number of anilines is 2. The Hall–Kier alpha value is -2.80. The van der Waals surface area contributed by atoms with Crippen molar-refractivity contribution in [2.45, 2.75) is 39.0 Å². The molecule has 7 nitrogen and oxygen atoms in total. The van der Waals surface area contributed by atoms with Crippen LogP contribution in [0.15, 0.2) is 36.7 Å². The molecule has 0 aliphatic heterocycles. The van der Waals surface area contributed by atoms with E-state index in [1.807, 2.05) is 18.2 Å². The largest absolute Gasteiger partial charge is 0.383 e. The van der Waals surface area contributed by atoms with Crippen LogP contribution in [0.25, 0.3) is 22.6 Å². The summed E-state index contributed by atoms with van der Waals surface area (Å²) in [7, 11) is 4.14. The van der Waals surface area contributed by atoms with Crippen molar-refractivity contribution in [3.63, 3.8) is 0 Å². The molecule has 0 aliphatic carbocycles. The second-order valence-electron chi connectivity index (χ2n) is 7.74. The SMILES string of the molecule is CCCCCCCNc1nc(-c2ccccc2NCCN(C)C)nc2nccnc12. The summed E-state index contributed by atoms with van der Waals surface area (Å²) in [5.74, 6) is 1.41. The molecule has 30 heavy (non-hydrogen) atoms. The molecule has 3 aromatic rings. The van der Waals surface area contributed by atoms with Gasteiger partial charge >= 0.3 is 0 Å². The molecule has 0 fully saturated rings. The minimum Gasteiger partial charge on any atom is -0.383 e. The van der Waals surface area contributed by atoms with Gasteiger partial charge in [0.2, 0.25) is 0 Å². The number of hydrogen-bond acceptors (Lipinski definition) is 7. The summed E-state index contributed by atoms with van der Waals surface area (Å²) in [5.41, 5.74) is 3.31. The van der Waals surface area contributed by atoms with E-state index in [-0.39, 0.29) is 0 Å². The fraction of sp³-hybridized carbons (Fsp3) is 0.478. The third-order valence-electron chi connectivity index (χ3n) is 4.95. The Labute approximate surface area is 179 Å².